The second-order valence-corrected chi connectivity index (χ2v) is 5.13. The van der Waals surface area contributed by atoms with Crippen LogP contribution in [0.25, 0.3) is 0 Å². The lowest BCUT2D eigenvalue weighted by molar-refractivity contribution is 0.0677. The third-order valence-electron chi connectivity index (χ3n) is 3.81. The molecule has 0 saturated heterocycles. The van der Waals surface area contributed by atoms with Crippen molar-refractivity contribution in [1.29, 1.82) is 0 Å². The van der Waals surface area contributed by atoms with Crippen LogP contribution in [-0.4, -0.2) is 6.43 Å². The standard InChI is InChI=1S/C12H22F2/c1-8(2)11-7-6-10(12(13)14)5-4-9(11)3/h8-12H,4-7H2,1-3H3. The third kappa shape index (κ3) is 2.93. The van der Waals surface area contributed by atoms with Gasteiger partial charge in [0.25, 0.3) is 0 Å². The van der Waals surface area contributed by atoms with E-state index in [0.29, 0.717) is 17.8 Å². The number of hydrogen-bond donors (Lipinski definition) is 0. The number of halogens is 2. The molecule has 1 aliphatic rings. The minimum absolute atomic E-state index is 0.332. The van der Waals surface area contributed by atoms with Gasteiger partial charge in [0, 0.05) is 5.92 Å². The zero-order valence-electron chi connectivity index (χ0n) is 9.47. The van der Waals surface area contributed by atoms with E-state index in [1.807, 2.05) is 0 Å². The van der Waals surface area contributed by atoms with Crippen LogP contribution >= 0.6 is 0 Å². The lowest BCUT2D eigenvalue weighted by Gasteiger charge is -2.24. The average Bonchev–Trinajstić information content (AvgIpc) is 2.26. The first-order valence-electron chi connectivity index (χ1n) is 5.80. The SMILES string of the molecule is CC(C)C1CCC(C(F)F)CCC1C. The van der Waals surface area contributed by atoms with Gasteiger partial charge in [0.05, 0.1) is 0 Å². The summed E-state index contributed by atoms with van der Waals surface area (Å²) in [7, 11) is 0. The van der Waals surface area contributed by atoms with E-state index < -0.39 is 6.43 Å². The lowest BCUT2D eigenvalue weighted by atomic mass is 9.81. The van der Waals surface area contributed by atoms with Crippen LogP contribution in [0.1, 0.15) is 46.5 Å². The van der Waals surface area contributed by atoms with E-state index in [1.54, 1.807) is 0 Å². The fraction of sp³-hybridized carbons (Fsp3) is 1.00. The monoisotopic (exact) mass is 204 g/mol. The van der Waals surface area contributed by atoms with Crippen LogP contribution < -0.4 is 0 Å². The normalized spacial score (nSPS) is 34.9. The molecule has 0 amide bonds. The maximum atomic E-state index is 12.6. The largest absolute Gasteiger partial charge is 0.241 e. The van der Waals surface area contributed by atoms with Crippen LogP contribution in [-0.2, 0) is 0 Å². The van der Waals surface area contributed by atoms with Crippen molar-refractivity contribution in [1.82, 2.24) is 0 Å². The van der Waals surface area contributed by atoms with Gasteiger partial charge in [-0.15, -0.1) is 0 Å². The molecule has 0 bridgehead atoms. The minimum atomic E-state index is -2.10. The second-order valence-electron chi connectivity index (χ2n) is 5.13. The summed E-state index contributed by atoms with van der Waals surface area (Å²) in [6.07, 6.45) is 1.33. The summed E-state index contributed by atoms with van der Waals surface area (Å²) in [5.41, 5.74) is 0. The van der Waals surface area contributed by atoms with E-state index in [9.17, 15) is 8.78 Å². The Balaban J connectivity index is 2.53. The van der Waals surface area contributed by atoms with E-state index in [4.69, 9.17) is 0 Å². The molecule has 3 atom stereocenters. The molecule has 1 saturated carbocycles. The molecule has 0 aromatic rings. The summed E-state index contributed by atoms with van der Waals surface area (Å²) >= 11 is 0. The van der Waals surface area contributed by atoms with E-state index in [-0.39, 0.29) is 5.92 Å². The number of rotatable bonds is 2. The van der Waals surface area contributed by atoms with Gasteiger partial charge in [-0.05, 0) is 43.4 Å². The first-order chi connectivity index (χ1) is 6.52. The summed E-state index contributed by atoms with van der Waals surface area (Å²) < 4.78 is 25.1. The molecule has 84 valence electrons. The molecule has 2 heteroatoms. The zero-order chi connectivity index (χ0) is 10.7. The quantitative estimate of drug-likeness (QED) is 0.587. The minimum Gasteiger partial charge on any atom is -0.210 e. The molecule has 0 radical (unpaired) electrons. The van der Waals surface area contributed by atoms with Crippen LogP contribution in [0.15, 0.2) is 0 Å². The second kappa shape index (κ2) is 5.09. The average molecular weight is 204 g/mol. The predicted molar refractivity (Wildman–Crippen MR) is 55.5 cm³/mol. The molecule has 0 nitrogen and oxygen atoms in total. The van der Waals surface area contributed by atoms with E-state index in [0.717, 1.165) is 25.7 Å². The van der Waals surface area contributed by atoms with Crippen molar-refractivity contribution in [2.24, 2.45) is 23.7 Å². The Morgan fingerprint density at radius 3 is 2.07 bits per heavy atom. The van der Waals surface area contributed by atoms with E-state index in [2.05, 4.69) is 20.8 Å². The topological polar surface area (TPSA) is 0 Å². The molecule has 1 rings (SSSR count). The highest BCUT2D eigenvalue weighted by Gasteiger charge is 2.30. The Bertz CT molecular complexity index is 166. The summed E-state index contributed by atoms with van der Waals surface area (Å²) in [4.78, 5) is 0. The van der Waals surface area contributed by atoms with Crippen molar-refractivity contribution in [3.05, 3.63) is 0 Å². The van der Waals surface area contributed by atoms with Gasteiger partial charge < -0.3 is 0 Å². The van der Waals surface area contributed by atoms with Crippen molar-refractivity contribution >= 4 is 0 Å². The van der Waals surface area contributed by atoms with Gasteiger partial charge >= 0.3 is 0 Å². The predicted octanol–water partition coefficient (Wildman–Crippen LogP) is 4.35. The smallest absolute Gasteiger partial charge is 0.210 e. The molecule has 0 aromatic heterocycles. The van der Waals surface area contributed by atoms with Crippen molar-refractivity contribution in [2.75, 3.05) is 0 Å². The maximum absolute atomic E-state index is 12.6. The summed E-state index contributed by atoms with van der Waals surface area (Å²) in [6, 6.07) is 0. The third-order valence-corrected chi connectivity index (χ3v) is 3.81. The zero-order valence-corrected chi connectivity index (χ0v) is 9.47. The maximum Gasteiger partial charge on any atom is 0.241 e. The van der Waals surface area contributed by atoms with Crippen molar-refractivity contribution in [3.63, 3.8) is 0 Å². The van der Waals surface area contributed by atoms with Crippen molar-refractivity contribution in [3.8, 4) is 0 Å². The highest BCUT2D eigenvalue weighted by atomic mass is 19.3. The molecule has 0 aromatic carbocycles. The van der Waals surface area contributed by atoms with Gasteiger partial charge in [-0.3, -0.25) is 0 Å². The highest BCUT2D eigenvalue weighted by molar-refractivity contribution is 4.77. The van der Waals surface area contributed by atoms with Gasteiger partial charge in [-0.1, -0.05) is 20.8 Å². The summed E-state index contributed by atoms with van der Waals surface area (Å²) in [5.74, 6) is 1.58. The molecule has 0 N–H and O–H groups in total. The fourth-order valence-electron chi connectivity index (χ4n) is 2.77. The summed E-state index contributed by atoms with van der Waals surface area (Å²) in [6.45, 7) is 6.65. The van der Waals surface area contributed by atoms with E-state index in [1.165, 1.54) is 0 Å². The van der Waals surface area contributed by atoms with Gasteiger partial charge in [0.1, 0.15) is 0 Å². The lowest BCUT2D eigenvalue weighted by Crippen LogP contribution is -2.16. The van der Waals surface area contributed by atoms with Crippen LogP contribution in [0.2, 0.25) is 0 Å². The van der Waals surface area contributed by atoms with Crippen molar-refractivity contribution in [2.45, 2.75) is 52.9 Å². The molecule has 0 aliphatic heterocycles. The molecule has 14 heavy (non-hydrogen) atoms. The number of hydrogen-bond acceptors (Lipinski definition) is 0. The molecule has 0 heterocycles. The van der Waals surface area contributed by atoms with Crippen LogP contribution in [0.3, 0.4) is 0 Å². The molecular formula is C12H22F2. The van der Waals surface area contributed by atoms with Gasteiger partial charge in [0.2, 0.25) is 6.43 Å². The van der Waals surface area contributed by atoms with Crippen LogP contribution in [0.5, 0.6) is 0 Å². The molecule has 0 spiro atoms. The number of alkyl halides is 2. The molecular weight excluding hydrogens is 182 g/mol. The van der Waals surface area contributed by atoms with Gasteiger partial charge in [-0.25, -0.2) is 8.78 Å². The summed E-state index contributed by atoms with van der Waals surface area (Å²) in [5, 5.41) is 0. The Labute approximate surface area is 86.1 Å². The van der Waals surface area contributed by atoms with Crippen LogP contribution in [0.4, 0.5) is 8.78 Å². The molecule has 1 fully saturated rings. The van der Waals surface area contributed by atoms with Gasteiger partial charge in [-0.2, -0.15) is 0 Å². The first kappa shape index (κ1) is 11.9. The van der Waals surface area contributed by atoms with E-state index >= 15 is 0 Å². The van der Waals surface area contributed by atoms with Crippen molar-refractivity contribution < 1.29 is 8.78 Å². The molecule has 3 unspecified atom stereocenters. The molecule has 1 aliphatic carbocycles. The Morgan fingerprint density at radius 2 is 1.57 bits per heavy atom. The fourth-order valence-corrected chi connectivity index (χ4v) is 2.77. The Morgan fingerprint density at radius 1 is 1.00 bits per heavy atom. The Hall–Kier alpha value is -0.140. The van der Waals surface area contributed by atoms with Gasteiger partial charge in [0.15, 0.2) is 0 Å². The first-order valence-corrected chi connectivity index (χ1v) is 5.80. The highest BCUT2D eigenvalue weighted by Crippen LogP contribution is 2.37. The Kier molecular flexibility index (Phi) is 4.33. The van der Waals surface area contributed by atoms with Crippen LogP contribution in [0, 0.1) is 23.7 Å².